The van der Waals surface area contributed by atoms with Gasteiger partial charge in [0.1, 0.15) is 0 Å². The van der Waals surface area contributed by atoms with Crippen molar-refractivity contribution in [2.75, 3.05) is 5.32 Å². The fourth-order valence-electron chi connectivity index (χ4n) is 1.97. The summed E-state index contributed by atoms with van der Waals surface area (Å²) in [7, 11) is 0. The Kier molecular flexibility index (Phi) is 2.68. The van der Waals surface area contributed by atoms with E-state index in [1.54, 1.807) is 12.1 Å². The van der Waals surface area contributed by atoms with Crippen LogP contribution in [0.4, 0.5) is 5.69 Å². The first-order chi connectivity index (χ1) is 8.74. The molecule has 1 aliphatic rings. The molecule has 0 bridgehead atoms. The summed E-state index contributed by atoms with van der Waals surface area (Å²) in [5.41, 5.74) is 2.53. The van der Waals surface area contributed by atoms with Crippen LogP contribution in [0.2, 0.25) is 5.02 Å². The van der Waals surface area contributed by atoms with Crippen molar-refractivity contribution in [1.82, 2.24) is 0 Å². The topological polar surface area (TPSA) is 45.1 Å². The van der Waals surface area contributed by atoms with E-state index in [9.17, 15) is 0 Å². The third-order valence-corrected chi connectivity index (χ3v) is 3.09. The number of halogens is 1. The molecule has 1 heterocycles. The van der Waals surface area contributed by atoms with E-state index in [0.717, 1.165) is 16.8 Å². The molecule has 2 N–H and O–H groups in total. The maximum atomic E-state index is 7.92. The average molecular weight is 259 g/mol. The first kappa shape index (κ1) is 11.1. The van der Waals surface area contributed by atoms with Gasteiger partial charge in [-0.25, -0.2) is 0 Å². The Morgan fingerprint density at radius 1 is 1.11 bits per heavy atom. The number of nitrogens with one attached hydrogen (secondary N) is 2. The molecule has 0 spiro atoms. The third-order valence-electron chi connectivity index (χ3n) is 2.85. The Balaban J connectivity index is 1.98. The molecule has 18 heavy (non-hydrogen) atoms. The Bertz CT molecular complexity index is 598. The van der Waals surface area contributed by atoms with E-state index < -0.39 is 0 Å². The molecule has 4 heteroatoms. The highest BCUT2D eigenvalue weighted by Gasteiger charge is 2.24. The second-order valence-electron chi connectivity index (χ2n) is 4.07. The van der Waals surface area contributed by atoms with Crippen LogP contribution in [-0.2, 0) is 4.74 Å². The van der Waals surface area contributed by atoms with Crippen molar-refractivity contribution in [3.63, 3.8) is 0 Å². The molecule has 90 valence electrons. The second-order valence-corrected chi connectivity index (χ2v) is 4.51. The number of hydrogen-bond donors (Lipinski definition) is 2. The maximum Gasteiger partial charge on any atom is 0.217 e. The molecule has 2 aromatic rings. The molecule has 1 aliphatic heterocycles. The summed E-state index contributed by atoms with van der Waals surface area (Å²) in [4.78, 5) is 0. The van der Waals surface area contributed by atoms with Crippen molar-refractivity contribution in [2.45, 2.75) is 6.23 Å². The first-order valence-corrected chi connectivity index (χ1v) is 5.98. The molecule has 0 fully saturated rings. The smallest absolute Gasteiger partial charge is 0.217 e. The van der Waals surface area contributed by atoms with Gasteiger partial charge in [0.2, 0.25) is 5.90 Å². The third kappa shape index (κ3) is 1.93. The molecule has 3 rings (SSSR count). The predicted octanol–water partition coefficient (Wildman–Crippen LogP) is 3.81. The molecule has 0 aliphatic carbocycles. The maximum absolute atomic E-state index is 7.92. The minimum absolute atomic E-state index is 0.161. The van der Waals surface area contributed by atoms with Crippen LogP contribution in [0.1, 0.15) is 17.4 Å². The van der Waals surface area contributed by atoms with E-state index in [0.29, 0.717) is 5.02 Å². The van der Waals surface area contributed by atoms with E-state index in [2.05, 4.69) is 5.32 Å². The van der Waals surface area contributed by atoms with Crippen LogP contribution >= 0.6 is 11.6 Å². The van der Waals surface area contributed by atoms with Gasteiger partial charge >= 0.3 is 0 Å². The minimum atomic E-state index is -0.343. The van der Waals surface area contributed by atoms with Gasteiger partial charge < -0.3 is 10.1 Å². The number of hydrogen-bond acceptors (Lipinski definition) is 3. The highest BCUT2D eigenvalue weighted by molar-refractivity contribution is 6.31. The minimum Gasteiger partial charge on any atom is -0.449 e. The molecular weight excluding hydrogens is 248 g/mol. The number of fused-ring (bicyclic) bond motifs is 1. The summed E-state index contributed by atoms with van der Waals surface area (Å²) in [6, 6.07) is 15.1. The molecular formula is C14H11ClN2O. The summed E-state index contributed by atoms with van der Waals surface area (Å²) >= 11 is 5.97. The number of rotatable bonds is 1. The van der Waals surface area contributed by atoms with Crippen LogP contribution in [0.25, 0.3) is 0 Å². The van der Waals surface area contributed by atoms with Crippen molar-refractivity contribution in [3.05, 3.63) is 64.7 Å². The Morgan fingerprint density at radius 2 is 1.89 bits per heavy atom. The van der Waals surface area contributed by atoms with Crippen molar-refractivity contribution in [1.29, 1.82) is 5.41 Å². The van der Waals surface area contributed by atoms with E-state index in [4.69, 9.17) is 21.7 Å². The van der Waals surface area contributed by atoms with Crippen molar-refractivity contribution in [2.24, 2.45) is 0 Å². The molecule has 1 unspecified atom stereocenters. The van der Waals surface area contributed by atoms with E-state index in [-0.39, 0.29) is 12.1 Å². The number of anilines is 1. The van der Waals surface area contributed by atoms with Gasteiger partial charge in [-0.15, -0.1) is 0 Å². The Hall–Kier alpha value is -2.00. The largest absolute Gasteiger partial charge is 0.449 e. The molecule has 0 amide bonds. The lowest BCUT2D eigenvalue weighted by atomic mass is 10.1. The summed E-state index contributed by atoms with van der Waals surface area (Å²) < 4.78 is 5.57. The fourth-order valence-corrected chi connectivity index (χ4v) is 2.14. The van der Waals surface area contributed by atoms with Crippen LogP contribution in [0.15, 0.2) is 48.5 Å². The monoisotopic (exact) mass is 258 g/mol. The molecule has 2 aromatic carbocycles. The zero-order valence-corrected chi connectivity index (χ0v) is 10.2. The zero-order chi connectivity index (χ0) is 12.5. The van der Waals surface area contributed by atoms with Crippen molar-refractivity contribution in [3.8, 4) is 0 Å². The predicted molar refractivity (Wildman–Crippen MR) is 72.2 cm³/mol. The number of ether oxygens (including phenoxy) is 1. The van der Waals surface area contributed by atoms with Crippen LogP contribution in [-0.4, -0.2) is 5.90 Å². The van der Waals surface area contributed by atoms with Crippen LogP contribution in [0.5, 0.6) is 0 Å². The van der Waals surface area contributed by atoms with Crippen LogP contribution in [0.3, 0.4) is 0 Å². The molecule has 0 aromatic heterocycles. The molecule has 0 saturated carbocycles. The van der Waals surface area contributed by atoms with E-state index >= 15 is 0 Å². The molecule has 0 radical (unpaired) electrons. The normalized spacial score (nSPS) is 17.6. The van der Waals surface area contributed by atoms with Gasteiger partial charge in [0.25, 0.3) is 0 Å². The van der Waals surface area contributed by atoms with Crippen LogP contribution in [0, 0.1) is 5.41 Å². The van der Waals surface area contributed by atoms with Gasteiger partial charge in [-0.3, -0.25) is 5.41 Å². The summed E-state index contributed by atoms with van der Waals surface area (Å²) in [5.74, 6) is 0.161. The van der Waals surface area contributed by atoms with E-state index in [1.165, 1.54) is 0 Å². The second kappa shape index (κ2) is 4.35. The zero-order valence-electron chi connectivity index (χ0n) is 9.48. The van der Waals surface area contributed by atoms with Gasteiger partial charge in [0, 0.05) is 10.6 Å². The van der Waals surface area contributed by atoms with Gasteiger partial charge in [-0.1, -0.05) is 41.9 Å². The molecule has 3 nitrogen and oxygen atoms in total. The van der Waals surface area contributed by atoms with E-state index in [1.807, 2.05) is 36.4 Å². The van der Waals surface area contributed by atoms with Gasteiger partial charge in [0.15, 0.2) is 6.23 Å². The lowest BCUT2D eigenvalue weighted by Gasteiger charge is -2.28. The highest BCUT2D eigenvalue weighted by Crippen LogP contribution is 2.32. The molecule has 1 atom stereocenters. The standard InChI is InChI=1S/C14H11ClN2O/c15-10-6-7-11-12(8-10)17-14(18-13(11)16)9-4-2-1-3-5-9/h1-8,14,16-17H. The van der Waals surface area contributed by atoms with Crippen molar-refractivity contribution >= 4 is 23.2 Å². The molecule has 0 saturated heterocycles. The lowest BCUT2D eigenvalue weighted by Crippen LogP contribution is -2.25. The quantitative estimate of drug-likeness (QED) is 0.817. The summed E-state index contributed by atoms with van der Waals surface area (Å²) in [6.07, 6.45) is -0.343. The highest BCUT2D eigenvalue weighted by atomic mass is 35.5. The van der Waals surface area contributed by atoms with Gasteiger partial charge in [-0.05, 0) is 18.2 Å². The van der Waals surface area contributed by atoms with Gasteiger partial charge in [-0.2, -0.15) is 0 Å². The summed E-state index contributed by atoms with van der Waals surface area (Å²) in [5, 5.41) is 11.8. The Labute approximate surface area is 110 Å². The summed E-state index contributed by atoms with van der Waals surface area (Å²) in [6.45, 7) is 0. The van der Waals surface area contributed by atoms with Crippen molar-refractivity contribution < 1.29 is 4.74 Å². The average Bonchev–Trinajstić information content (AvgIpc) is 2.39. The Morgan fingerprint density at radius 3 is 2.67 bits per heavy atom. The fraction of sp³-hybridized carbons (Fsp3) is 0.0714. The lowest BCUT2D eigenvalue weighted by molar-refractivity contribution is 0.214. The van der Waals surface area contributed by atoms with Crippen LogP contribution < -0.4 is 5.32 Å². The SMILES string of the molecule is N=C1OC(c2ccccc2)Nc2cc(Cl)ccc21. The van der Waals surface area contributed by atoms with Gasteiger partial charge in [0.05, 0.1) is 11.3 Å². The first-order valence-electron chi connectivity index (χ1n) is 5.60. The number of benzene rings is 2.